The van der Waals surface area contributed by atoms with E-state index in [-0.39, 0.29) is 0 Å². The molecule has 0 spiro atoms. The average Bonchev–Trinajstić information content (AvgIpc) is 2.16. The third-order valence-corrected chi connectivity index (χ3v) is 1.79. The Labute approximate surface area is 71.9 Å². The zero-order valence-electron chi connectivity index (χ0n) is 6.91. The molecular weight excluding hydrogens is 155 g/mol. The van der Waals surface area contributed by atoms with E-state index in [2.05, 4.69) is 0 Å². The summed E-state index contributed by atoms with van der Waals surface area (Å²) in [6.45, 7) is -0.646. The van der Waals surface area contributed by atoms with Crippen molar-refractivity contribution in [2.24, 2.45) is 0 Å². The van der Waals surface area contributed by atoms with Crippen LogP contribution in [0.5, 0.6) is 0 Å². The summed E-state index contributed by atoms with van der Waals surface area (Å²) in [4.78, 5) is 0. The molecule has 1 N–H and O–H groups in total. The monoisotopic (exact) mass is 168 g/mol. The summed E-state index contributed by atoms with van der Waals surface area (Å²) < 4.78 is 11.8. The molecule has 0 heterocycles. The van der Waals surface area contributed by atoms with E-state index in [9.17, 15) is 4.39 Å². The molecule has 1 aromatic rings. The fraction of sp³-hybridized carbons (Fsp3) is 0.400. The standard InChI is InChI=1S/C10H13FO/c11-8-10(12)7-6-9-4-2-1-3-5-9/h1-5,10,12H,6-8H2. The van der Waals surface area contributed by atoms with Crippen molar-refractivity contribution in [3.63, 3.8) is 0 Å². The highest BCUT2D eigenvalue weighted by Gasteiger charge is 2.02. The van der Waals surface area contributed by atoms with Gasteiger partial charge in [-0.05, 0) is 18.4 Å². The Hall–Kier alpha value is -0.890. The summed E-state index contributed by atoms with van der Waals surface area (Å²) in [5, 5.41) is 8.94. The van der Waals surface area contributed by atoms with Gasteiger partial charge in [-0.1, -0.05) is 30.3 Å². The number of alkyl halides is 1. The highest BCUT2D eigenvalue weighted by molar-refractivity contribution is 5.14. The second-order valence-electron chi connectivity index (χ2n) is 2.83. The number of hydrogen-bond donors (Lipinski definition) is 1. The first-order valence-corrected chi connectivity index (χ1v) is 4.11. The molecule has 0 radical (unpaired) electrons. The predicted octanol–water partition coefficient (Wildman–Crippen LogP) is 1.95. The van der Waals surface area contributed by atoms with Crippen molar-refractivity contribution in [1.82, 2.24) is 0 Å². The largest absolute Gasteiger partial charge is 0.390 e. The van der Waals surface area contributed by atoms with Crippen molar-refractivity contribution in [2.45, 2.75) is 18.9 Å². The van der Waals surface area contributed by atoms with Crippen molar-refractivity contribution in [3.8, 4) is 0 Å². The van der Waals surface area contributed by atoms with Crippen molar-refractivity contribution in [1.29, 1.82) is 0 Å². The molecule has 0 saturated heterocycles. The van der Waals surface area contributed by atoms with Crippen molar-refractivity contribution in [2.75, 3.05) is 6.67 Å². The smallest absolute Gasteiger partial charge is 0.115 e. The van der Waals surface area contributed by atoms with Crippen LogP contribution in [-0.4, -0.2) is 17.9 Å². The fourth-order valence-corrected chi connectivity index (χ4v) is 1.06. The third kappa shape index (κ3) is 3.01. The van der Waals surface area contributed by atoms with E-state index < -0.39 is 12.8 Å². The molecule has 66 valence electrons. The Morgan fingerprint density at radius 2 is 1.92 bits per heavy atom. The molecule has 0 aliphatic heterocycles. The predicted molar refractivity (Wildman–Crippen MR) is 46.7 cm³/mol. The van der Waals surface area contributed by atoms with Crippen molar-refractivity contribution >= 4 is 0 Å². The van der Waals surface area contributed by atoms with Gasteiger partial charge in [0.05, 0.1) is 6.10 Å². The topological polar surface area (TPSA) is 20.2 Å². The van der Waals surface area contributed by atoms with Crippen LogP contribution in [0.2, 0.25) is 0 Å². The Morgan fingerprint density at radius 3 is 2.50 bits per heavy atom. The Balaban J connectivity index is 2.33. The highest BCUT2D eigenvalue weighted by atomic mass is 19.1. The molecule has 1 nitrogen and oxygen atoms in total. The summed E-state index contributed by atoms with van der Waals surface area (Å²) >= 11 is 0. The first kappa shape index (κ1) is 9.20. The molecule has 0 amide bonds. The van der Waals surface area contributed by atoms with Crippen LogP contribution in [0.15, 0.2) is 30.3 Å². The van der Waals surface area contributed by atoms with E-state index in [4.69, 9.17) is 5.11 Å². The Kier molecular flexibility index (Phi) is 3.74. The SMILES string of the molecule is OC(CF)CCc1ccccc1. The van der Waals surface area contributed by atoms with Gasteiger partial charge in [-0.2, -0.15) is 0 Å². The van der Waals surface area contributed by atoms with E-state index in [0.29, 0.717) is 6.42 Å². The molecule has 0 aliphatic carbocycles. The van der Waals surface area contributed by atoms with E-state index in [0.717, 1.165) is 12.0 Å². The van der Waals surface area contributed by atoms with Gasteiger partial charge in [-0.15, -0.1) is 0 Å². The average molecular weight is 168 g/mol. The van der Waals surface area contributed by atoms with Gasteiger partial charge in [0.25, 0.3) is 0 Å². The number of aliphatic hydroxyl groups is 1. The summed E-state index contributed by atoms with van der Waals surface area (Å²) in [5.74, 6) is 0. The van der Waals surface area contributed by atoms with Gasteiger partial charge in [0.15, 0.2) is 0 Å². The minimum atomic E-state index is -0.801. The van der Waals surface area contributed by atoms with E-state index in [1.54, 1.807) is 0 Å². The molecule has 0 bridgehead atoms. The number of halogens is 1. The van der Waals surface area contributed by atoms with Crippen LogP contribution in [0.1, 0.15) is 12.0 Å². The number of rotatable bonds is 4. The lowest BCUT2D eigenvalue weighted by Gasteiger charge is -2.04. The number of hydrogen-bond acceptors (Lipinski definition) is 1. The Bertz CT molecular complexity index is 210. The molecule has 1 atom stereocenters. The van der Waals surface area contributed by atoms with E-state index in [1.807, 2.05) is 30.3 Å². The van der Waals surface area contributed by atoms with Gasteiger partial charge in [0.2, 0.25) is 0 Å². The maximum absolute atomic E-state index is 11.8. The van der Waals surface area contributed by atoms with Crippen LogP contribution >= 0.6 is 0 Å². The first-order chi connectivity index (χ1) is 5.83. The zero-order chi connectivity index (χ0) is 8.81. The van der Waals surface area contributed by atoms with Crippen LogP contribution in [0, 0.1) is 0 Å². The summed E-state index contributed by atoms with van der Waals surface area (Å²) in [7, 11) is 0. The number of aryl methyl sites for hydroxylation is 1. The molecule has 0 aliphatic rings. The lowest BCUT2D eigenvalue weighted by atomic mass is 10.1. The summed E-state index contributed by atoms with van der Waals surface area (Å²) in [6, 6.07) is 9.78. The quantitative estimate of drug-likeness (QED) is 0.728. The van der Waals surface area contributed by atoms with E-state index in [1.165, 1.54) is 0 Å². The lowest BCUT2D eigenvalue weighted by molar-refractivity contribution is 0.131. The molecule has 1 rings (SSSR count). The van der Waals surface area contributed by atoms with Crippen LogP contribution < -0.4 is 0 Å². The number of aliphatic hydroxyl groups excluding tert-OH is 1. The van der Waals surface area contributed by atoms with Gasteiger partial charge in [-0.3, -0.25) is 0 Å². The molecule has 0 aromatic heterocycles. The van der Waals surface area contributed by atoms with Crippen LogP contribution in [-0.2, 0) is 6.42 Å². The third-order valence-electron chi connectivity index (χ3n) is 1.79. The van der Waals surface area contributed by atoms with E-state index >= 15 is 0 Å². The minimum absolute atomic E-state index is 0.501. The molecule has 1 unspecified atom stereocenters. The van der Waals surface area contributed by atoms with Gasteiger partial charge in [-0.25, -0.2) is 4.39 Å². The highest BCUT2D eigenvalue weighted by Crippen LogP contribution is 2.04. The summed E-state index contributed by atoms with van der Waals surface area (Å²) in [6.07, 6.45) is 0.442. The van der Waals surface area contributed by atoms with Gasteiger partial charge < -0.3 is 5.11 Å². The number of benzene rings is 1. The van der Waals surface area contributed by atoms with Crippen molar-refractivity contribution in [3.05, 3.63) is 35.9 Å². The van der Waals surface area contributed by atoms with Crippen LogP contribution in [0.25, 0.3) is 0 Å². The van der Waals surface area contributed by atoms with Gasteiger partial charge in [0.1, 0.15) is 6.67 Å². The first-order valence-electron chi connectivity index (χ1n) is 4.11. The molecule has 1 aromatic carbocycles. The molecule has 0 saturated carbocycles. The normalized spacial score (nSPS) is 12.8. The zero-order valence-corrected chi connectivity index (χ0v) is 6.91. The minimum Gasteiger partial charge on any atom is -0.390 e. The molecular formula is C10H13FO. The second-order valence-corrected chi connectivity index (χ2v) is 2.83. The van der Waals surface area contributed by atoms with Crippen molar-refractivity contribution < 1.29 is 9.50 Å². The second kappa shape index (κ2) is 4.88. The van der Waals surface area contributed by atoms with Gasteiger partial charge >= 0.3 is 0 Å². The van der Waals surface area contributed by atoms with Gasteiger partial charge in [0, 0.05) is 0 Å². The maximum atomic E-state index is 11.8. The Morgan fingerprint density at radius 1 is 1.25 bits per heavy atom. The van der Waals surface area contributed by atoms with Crippen LogP contribution in [0.4, 0.5) is 4.39 Å². The lowest BCUT2D eigenvalue weighted by Crippen LogP contribution is -2.09. The maximum Gasteiger partial charge on any atom is 0.115 e. The summed E-state index contributed by atoms with van der Waals surface area (Å²) in [5.41, 5.74) is 1.14. The molecule has 0 fully saturated rings. The molecule has 12 heavy (non-hydrogen) atoms. The van der Waals surface area contributed by atoms with Crippen LogP contribution in [0.3, 0.4) is 0 Å². The fourth-order valence-electron chi connectivity index (χ4n) is 1.06. The molecule has 2 heteroatoms.